The van der Waals surface area contributed by atoms with E-state index in [1.54, 1.807) is 19.1 Å². The smallest absolute Gasteiger partial charge is 0.218 e. The summed E-state index contributed by atoms with van der Waals surface area (Å²) in [4.78, 5) is 13.9. The zero-order chi connectivity index (χ0) is 35.3. The molecule has 10 heteroatoms. The summed E-state index contributed by atoms with van der Waals surface area (Å²) in [6.45, 7) is 7.60. The minimum absolute atomic E-state index is 0.00216. The average molecular weight is 691 g/mol. The number of ether oxygens (including phenoxy) is 3. The van der Waals surface area contributed by atoms with E-state index in [1.807, 2.05) is 102 Å². The molecule has 0 radical (unpaired) electrons. The maximum atomic E-state index is 12.3. The standard InChI is InChI=1S/C40H46N4O5Si/c1-28-39(48-3)34-24-31(44(27-46)30-14-10-7-11-15-30)16-21-37(34)49-40(28)38(50(4,5)33-19-17-32(47-2)18-20-33)22-23-43-25-36(41-42-43)35(26-45)29-12-8-6-9-13-29/h6-21,24-25,27-28,35,38-40,45H,22-23,26H2,1-5H3/t28-,35?,38?,39-,40-/m0/s1. The van der Waals surface area contributed by atoms with E-state index in [0.29, 0.717) is 6.54 Å². The molecule has 2 unspecified atom stereocenters. The minimum atomic E-state index is -2.24. The number of hydrogen-bond donors (Lipinski definition) is 1. The number of benzene rings is 4. The van der Waals surface area contributed by atoms with Gasteiger partial charge in [-0.15, -0.1) is 5.10 Å². The topological polar surface area (TPSA) is 98.9 Å². The number of anilines is 2. The molecule has 0 spiro atoms. The fraction of sp³-hybridized carbons (Fsp3) is 0.325. The normalized spacial score (nSPS) is 18.4. The largest absolute Gasteiger partial charge is 0.497 e. The number of carbonyl (C=O) groups excluding carboxylic acids is 1. The Labute approximate surface area is 295 Å². The third-order valence-corrected chi connectivity index (χ3v) is 14.6. The van der Waals surface area contributed by atoms with Gasteiger partial charge in [-0.1, -0.05) is 91.1 Å². The Balaban J connectivity index is 1.33. The van der Waals surface area contributed by atoms with Crippen LogP contribution in [0.1, 0.15) is 42.2 Å². The van der Waals surface area contributed by atoms with Crippen LogP contribution in [0, 0.1) is 5.92 Å². The van der Waals surface area contributed by atoms with E-state index in [9.17, 15) is 9.90 Å². The number of aliphatic hydroxyl groups excluding tert-OH is 1. The molecule has 50 heavy (non-hydrogen) atoms. The molecule has 0 saturated heterocycles. The van der Waals surface area contributed by atoms with Gasteiger partial charge in [-0.05, 0) is 60.0 Å². The lowest BCUT2D eigenvalue weighted by molar-refractivity contribution is -0.106. The molecule has 5 aromatic rings. The maximum Gasteiger partial charge on any atom is 0.218 e. The fourth-order valence-corrected chi connectivity index (χ4v) is 11.0. The second-order valence-electron chi connectivity index (χ2n) is 13.5. The number of amides is 1. The van der Waals surface area contributed by atoms with Gasteiger partial charge in [0, 0.05) is 42.7 Å². The summed E-state index contributed by atoms with van der Waals surface area (Å²) >= 11 is 0. The van der Waals surface area contributed by atoms with Crippen LogP contribution in [0.3, 0.4) is 0 Å². The molecule has 0 bridgehead atoms. The highest BCUT2D eigenvalue weighted by Gasteiger charge is 2.47. The maximum absolute atomic E-state index is 12.3. The molecule has 1 aliphatic rings. The van der Waals surface area contributed by atoms with Crippen molar-refractivity contribution in [1.29, 1.82) is 0 Å². The highest BCUT2D eigenvalue weighted by molar-refractivity contribution is 6.91. The number of hydrogen-bond acceptors (Lipinski definition) is 7. The third kappa shape index (κ3) is 7.10. The van der Waals surface area contributed by atoms with E-state index >= 15 is 0 Å². The van der Waals surface area contributed by atoms with E-state index in [1.165, 1.54) is 5.19 Å². The van der Waals surface area contributed by atoms with E-state index in [2.05, 4.69) is 42.5 Å². The predicted molar refractivity (Wildman–Crippen MR) is 198 cm³/mol. The van der Waals surface area contributed by atoms with Crippen LogP contribution in [0.15, 0.2) is 109 Å². The number of rotatable bonds is 14. The molecular formula is C40H46N4O5Si. The van der Waals surface area contributed by atoms with Gasteiger partial charge in [0.15, 0.2) is 0 Å². The van der Waals surface area contributed by atoms with Crippen molar-refractivity contribution in [3.05, 3.63) is 126 Å². The summed E-state index contributed by atoms with van der Waals surface area (Å²) in [6, 6.07) is 33.9. The summed E-state index contributed by atoms with van der Waals surface area (Å²) in [7, 11) is 1.20. The van der Waals surface area contributed by atoms with Crippen molar-refractivity contribution in [2.24, 2.45) is 5.92 Å². The Kier molecular flexibility index (Phi) is 10.8. The molecule has 1 aliphatic heterocycles. The van der Waals surface area contributed by atoms with E-state index < -0.39 is 8.07 Å². The van der Waals surface area contributed by atoms with Gasteiger partial charge in [-0.25, -0.2) is 0 Å². The zero-order valence-electron chi connectivity index (χ0n) is 29.3. The summed E-state index contributed by atoms with van der Waals surface area (Å²) in [6.07, 6.45) is 3.19. The molecule has 5 atom stereocenters. The molecule has 1 amide bonds. The van der Waals surface area contributed by atoms with Crippen LogP contribution in [-0.2, 0) is 16.1 Å². The number of nitrogens with zero attached hydrogens (tertiary/aromatic N) is 4. The van der Waals surface area contributed by atoms with Crippen LogP contribution in [0.2, 0.25) is 18.6 Å². The molecule has 6 rings (SSSR count). The summed E-state index contributed by atoms with van der Waals surface area (Å²) in [5.74, 6) is 1.35. The van der Waals surface area contributed by atoms with Gasteiger partial charge in [0.25, 0.3) is 0 Å². The number of para-hydroxylation sites is 1. The zero-order valence-corrected chi connectivity index (χ0v) is 30.3. The molecule has 4 aromatic carbocycles. The van der Waals surface area contributed by atoms with Crippen LogP contribution < -0.4 is 19.6 Å². The average Bonchev–Trinajstić information content (AvgIpc) is 3.62. The van der Waals surface area contributed by atoms with Gasteiger partial charge >= 0.3 is 0 Å². The van der Waals surface area contributed by atoms with Gasteiger partial charge in [-0.3, -0.25) is 14.4 Å². The van der Waals surface area contributed by atoms with Crippen molar-refractivity contribution in [2.75, 3.05) is 25.7 Å². The number of aryl methyl sites for hydroxylation is 1. The third-order valence-electron chi connectivity index (χ3n) is 10.4. The second-order valence-corrected chi connectivity index (χ2v) is 18.3. The lowest BCUT2D eigenvalue weighted by atomic mass is 9.86. The number of carbonyl (C=O) groups is 1. The highest BCUT2D eigenvalue weighted by atomic mass is 28.3. The molecule has 0 saturated carbocycles. The molecule has 0 fully saturated rings. The van der Waals surface area contributed by atoms with Crippen molar-refractivity contribution in [3.63, 3.8) is 0 Å². The van der Waals surface area contributed by atoms with Crippen LogP contribution >= 0.6 is 0 Å². The lowest BCUT2D eigenvalue weighted by Gasteiger charge is -2.46. The Morgan fingerprint density at radius 2 is 1.66 bits per heavy atom. The quantitative estimate of drug-likeness (QED) is 0.100. The highest BCUT2D eigenvalue weighted by Crippen LogP contribution is 2.48. The minimum Gasteiger partial charge on any atom is -0.497 e. The Hall–Kier alpha value is -4.77. The number of aliphatic hydroxyl groups is 1. The van der Waals surface area contributed by atoms with Crippen LogP contribution in [0.25, 0.3) is 0 Å². The SMILES string of the molecule is COc1ccc([Si](C)(C)C(CCn2cc(C(CO)c3ccccc3)nn2)[C@H]2Oc3ccc(N(C=O)c4ccccc4)cc3[C@@H](OC)[C@@H]2C)cc1. The van der Waals surface area contributed by atoms with Crippen LogP contribution in [0.4, 0.5) is 11.4 Å². The van der Waals surface area contributed by atoms with Gasteiger partial charge in [0.05, 0.1) is 39.5 Å². The van der Waals surface area contributed by atoms with Crippen molar-refractivity contribution < 1.29 is 24.1 Å². The Morgan fingerprint density at radius 3 is 2.30 bits per heavy atom. The Morgan fingerprint density at radius 1 is 0.960 bits per heavy atom. The van der Waals surface area contributed by atoms with Crippen molar-refractivity contribution >= 4 is 31.0 Å². The molecule has 1 N–H and O–H groups in total. The summed E-state index contributed by atoms with van der Waals surface area (Å²) < 4.78 is 20.6. The molecular weight excluding hydrogens is 645 g/mol. The van der Waals surface area contributed by atoms with Crippen LogP contribution in [0.5, 0.6) is 11.5 Å². The lowest BCUT2D eigenvalue weighted by Crippen LogP contribution is -2.54. The number of fused-ring (bicyclic) bond motifs is 1. The predicted octanol–water partition coefficient (Wildman–Crippen LogP) is 6.87. The number of methoxy groups -OCH3 is 2. The van der Waals surface area contributed by atoms with E-state index in [4.69, 9.17) is 14.2 Å². The first kappa shape index (κ1) is 35.1. The Bertz CT molecular complexity index is 1850. The monoisotopic (exact) mass is 690 g/mol. The van der Waals surface area contributed by atoms with Crippen LogP contribution in [-0.4, -0.2) is 61.5 Å². The van der Waals surface area contributed by atoms with Crippen molar-refractivity contribution in [3.8, 4) is 11.5 Å². The molecule has 1 aromatic heterocycles. The fourth-order valence-electron chi connectivity index (χ4n) is 7.45. The summed E-state index contributed by atoms with van der Waals surface area (Å²) in [5.41, 5.74) is 4.37. The van der Waals surface area contributed by atoms with Gasteiger partial charge in [0.2, 0.25) is 6.41 Å². The molecule has 260 valence electrons. The second kappa shape index (κ2) is 15.4. The van der Waals surface area contributed by atoms with Gasteiger partial charge < -0.3 is 19.3 Å². The van der Waals surface area contributed by atoms with Gasteiger partial charge in [-0.2, -0.15) is 0 Å². The first-order valence-electron chi connectivity index (χ1n) is 17.1. The first-order chi connectivity index (χ1) is 24.3. The van der Waals surface area contributed by atoms with Crippen molar-refractivity contribution in [2.45, 2.75) is 56.7 Å². The first-order valence-corrected chi connectivity index (χ1v) is 20.2. The number of aromatic nitrogens is 3. The molecule has 2 heterocycles. The molecule has 0 aliphatic carbocycles. The van der Waals surface area contributed by atoms with Crippen molar-refractivity contribution in [1.82, 2.24) is 15.0 Å². The summed E-state index contributed by atoms with van der Waals surface area (Å²) in [5, 5.41) is 20.5. The molecule has 9 nitrogen and oxygen atoms in total. The van der Waals surface area contributed by atoms with E-state index in [0.717, 1.165) is 52.5 Å². The van der Waals surface area contributed by atoms with E-state index in [-0.39, 0.29) is 36.2 Å². The van der Waals surface area contributed by atoms with Gasteiger partial charge in [0.1, 0.15) is 17.6 Å².